The average Bonchev–Trinajstić information content (AvgIpc) is 2.60. The van der Waals surface area contributed by atoms with Crippen LogP contribution in [-0.4, -0.2) is 10.1 Å². The van der Waals surface area contributed by atoms with E-state index < -0.39 is 6.10 Å². The maximum absolute atomic E-state index is 10.5. The van der Waals surface area contributed by atoms with E-state index in [0.717, 1.165) is 28.1 Å². The summed E-state index contributed by atoms with van der Waals surface area (Å²) in [5, 5.41) is 11.1. The quantitative estimate of drug-likeness (QED) is 0.845. The van der Waals surface area contributed by atoms with Crippen molar-refractivity contribution >= 4 is 11.6 Å². The Balaban J connectivity index is 2.51. The Morgan fingerprint density at radius 1 is 1.11 bits per heavy atom. The molecule has 0 amide bonds. The Morgan fingerprint density at radius 3 is 2.33 bits per heavy atom. The zero-order valence-corrected chi connectivity index (χ0v) is 11.9. The van der Waals surface area contributed by atoms with Crippen LogP contribution in [0.2, 0.25) is 5.02 Å². The molecule has 2 N–H and O–H groups in total. The summed E-state index contributed by atoms with van der Waals surface area (Å²) in [6, 6.07) is 5.72. The summed E-state index contributed by atoms with van der Waals surface area (Å²) in [7, 11) is 0. The van der Waals surface area contributed by atoms with Gasteiger partial charge in [-0.1, -0.05) is 29.8 Å². The summed E-state index contributed by atoms with van der Waals surface area (Å²) in [5.41, 5.74) is 5.93. The molecule has 2 nitrogen and oxygen atoms in total. The summed E-state index contributed by atoms with van der Waals surface area (Å²) in [4.78, 5) is 3.25. The fourth-order valence-corrected chi connectivity index (χ4v) is 2.41. The summed E-state index contributed by atoms with van der Waals surface area (Å²) >= 11 is 6.26. The molecule has 3 heteroatoms. The molecule has 0 saturated heterocycles. The molecule has 0 fully saturated rings. The van der Waals surface area contributed by atoms with Gasteiger partial charge in [-0.25, -0.2) is 0 Å². The summed E-state index contributed by atoms with van der Waals surface area (Å²) in [6.45, 7) is 8.02. The van der Waals surface area contributed by atoms with Gasteiger partial charge in [-0.15, -0.1) is 0 Å². The predicted molar refractivity (Wildman–Crippen MR) is 75.3 cm³/mol. The van der Waals surface area contributed by atoms with E-state index in [9.17, 15) is 5.11 Å². The van der Waals surface area contributed by atoms with Crippen LogP contribution in [0.1, 0.15) is 39.7 Å². The lowest BCUT2D eigenvalue weighted by molar-refractivity contribution is 0.215. The molecular weight excluding hydrogens is 246 g/mol. The number of aliphatic hydroxyl groups excluding tert-OH is 1. The molecular formula is C15H18ClNO. The molecule has 0 spiro atoms. The molecule has 1 aromatic heterocycles. The number of aliphatic hydroxyl groups is 1. The highest BCUT2D eigenvalue weighted by atomic mass is 35.5. The van der Waals surface area contributed by atoms with Crippen LogP contribution in [0.15, 0.2) is 18.2 Å². The lowest BCUT2D eigenvalue weighted by Crippen LogP contribution is -2.03. The van der Waals surface area contributed by atoms with Crippen molar-refractivity contribution in [2.45, 2.75) is 33.8 Å². The second-order valence-electron chi connectivity index (χ2n) is 4.79. The number of H-pyrrole nitrogens is 1. The number of aryl methyl sites for hydroxylation is 2. The van der Waals surface area contributed by atoms with E-state index in [2.05, 4.69) is 11.9 Å². The molecule has 1 unspecified atom stereocenters. The van der Waals surface area contributed by atoms with Gasteiger partial charge in [-0.2, -0.15) is 0 Å². The van der Waals surface area contributed by atoms with Crippen molar-refractivity contribution in [3.63, 3.8) is 0 Å². The van der Waals surface area contributed by atoms with E-state index in [4.69, 9.17) is 11.6 Å². The van der Waals surface area contributed by atoms with Crippen molar-refractivity contribution < 1.29 is 5.11 Å². The van der Waals surface area contributed by atoms with E-state index in [0.29, 0.717) is 5.02 Å². The Morgan fingerprint density at radius 2 is 1.78 bits per heavy atom. The van der Waals surface area contributed by atoms with Gasteiger partial charge >= 0.3 is 0 Å². The fraction of sp³-hybridized carbons (Fsp3) is 0.333. The molecule has 0 aliphatic carbocycles. The third-order valence-corrected chi connectivity index (χ3v) is 4.16. The third kappa shape index (κ3) is 2.06. The molecule has 18 heavy (non-hydrogen) atoms. The van der Waals surface area contributed by atoms with Gasteiger partial charge in [-0.3, -0.25) is 0 Å². The first kappa shape index (κ1) is 13.2. The number of hydrogen-bond acceptors (Lipinski definition) is 1. The highest BCUT2D eigenvalue weighted by Crippen LogP contribution is 2.32. The standard InChI is InChI=1S/C15H18ClNO/c1-8-6-5-7-12(13(8)16)15(18)14-10(3)9(2)11(4)17-14/h5-7,15,17-18H,1-4H3. The van der Waals surface area contributed by atoms with Crippen LogP contribution in [0.3, 0.4) is 0 Å². The molecule has 1 heterocycles. The molecule has 0 aliphatic rings. The fourth-order valence-electron chi connectivity index (χ4n) is 2.18. The van der Waals surface area contributed by atoms with E-state index >= 15 is 0 Å². The average molecular weight is 264 g/mol. The highest BCUT2D eigenvalue weighted by molar-refractivity contribution is 6.32. The first-order chi connectivity index (χ1) is 8.43. The number of rotatable bonds is 2. The predicted octanol–water partition coefficient (Wildman–Crippen LogP) is 3.98. The number of aromatic amines is 1. The van der Waals surface area contributed by atoms with Crippen LogP contribution >= 0.6 is 11.6 Å². The minimum Gasteiger partial charge on any atom is -0.382 e. The Labute approximate surface area is 113 Å². The number of benzene rings is 1. The summed E-state index contributed by atoms with van der Waals surface area (Å²) in [6.07, 6.45) is -0.704. The monoisotopic (exact) mass is 263 g/mol. The van der Waals surface area contributed by atoms with Crippen molar-refractivity contribution in [2.24, 2.45) is 0 Å². The van der Waals surface area contributed by atoms with E-state index in [-0.39, 0.29) is 0 Å². The number of halogens is 1. The SMILES string of the molecule is Cc1cccc(C(O)c2[nH]c(C)c(C)c2C)c1Cl. The van der Waals surface area contributed by atoms with Crippen LogP contribution in [0.5, 0.6) is 0 Å². The molecule has 0 aliphatic heterocycles. The molecule has 0 saturated carbocycles. The first-order valence-electron chi connectivity index (χ1n) is 6.02. The first-order valence-corrected chi connectivity index (χ1v) is 6.40. The number of nitrogens with one attached hydrogen (secondary N) is 1. The minimum absolute atomic E-state index is 0.634. The molecule has 0 radical (unpaired) electrons. The van der Waals surface area contributed by atoms with Gasteiger partial charge in [0, 0.05) is 16.3 Å². The normalized spacial score (nSPS) is 12.8. The smallest absolute Gasteiger partial charge is 0.120 e. The van der Waals surface area contributed by atoms with Crippen LogP contribution in [0, 0.1) is 27.7 Å². The number of hydrogen-bond donors (Lipinski definition) is 2. The van der Waals surface area contributed by atoms with Crippen LogP contribution in [0.25, 0.3) is 0 Å². The molecule has 0 bridgehead atoms. The largest absolute Gasteiger partial charge is 0.382 e. The zero-order chi connectivity index (χ0) is 13.4. The van der Waals surface area contributed by atoms with Gasteiger partial charge in [0.05, 0.1) is 5.69 Å². The Hall–Kier alpha value is -1.25. The molecule has 2 aromatic rings. The van der Waals surface area contributed by atoms with Gasteiger partial charge < -0.3 is 10.1 Å². The van der Waals surface area contributed by atoms with Crippen LogP contribution < -0.4 is 0 Å². The van der Waals surface area contributed by atoms with Gasteiger partial charge in [0.25, 0.3) is 0 Å². The Kier molecular flexibility index (Phi) is 3.51. The van der Waals surface area contributed by atoms with Crippen molar-refractivity contribution in [3.8, 4) is 0 Å². The number of aromatic nitrogens is 1. The molecule has 2 rings (SSSR count). The van der Waals surface area contributed by atoms with Crippen LogP contribution in [0.4, 0.5) is 0 Å². The second-order valence-corrected chi connectivity index (χ2v) is 5.17. The lowest BCUT2D eigenvalue weighted by atomic mass is 10.0. The van der Waals surface area contributed by atoms with Gasteiger partial charge in [0.2, 0.25) is 0 Å². The van der Waals surface area contributed by atoms with E-state index in [1.54, 1.807) is 0 Å². The summed E-state index contributed by atoms with van der Waals surface area (Å²) in [5.74, 6) is 0. The van der Waals surface area contributed by atoms with E-state index in [1.165, 1.54) is 5.56 Å². The maximum Gasteiger partial charge on any atom is 0.120 e. The topological polar surface area (TPSA) is 36.0 Å². The van der Waals surface area contributed by atoms with Gasteiger partial charge in [0.1, 0.15) is 6.10 Å². The molecule has 1 atom stereocenters. The molecule has 96 valence electrons. The van der Waals surface area contributed by atoms with Gasteiger partial charge in [0.15, 0.2) is 0 Å². The maximum atomic E-state index is 10.5. The third-order valence-electron chi connectivity index (χ3n) is 3.64. The lowest BCUT2D eigenvalue weighted by Gasteiger charge is -2.14. The highest BCUT2D eigenvalue weighted by Gasteiger charge is 2.20. The van der Waals surface area contributed by atoms with Crippen molar-refractivity contribution in [1.82, 2.24) is 4.98 Å². The molecule has 1 aromatic carbocycles. The Bertz CT molecular complexity index is 586. The summed E-state index contributed by atoms with van der Waals surface area (Å²) < 4.78 is 0. The van der Waals surface area contributed by atoms with E-state index in [1.807, 2.05) is 39.0 Å². The van der Waals surface area contributed by atoms with Crippen molar-refractivity contribution in [2.75, 3.05) is 0 Å². The second kappa shape index (κ2) is 4.79. The van der Waals surface area contributed by atoms with Crippen molar-refractivity contribution in [3.05, 3.63) is 56.9 Å². The van der Waals surface area contributed by atoms with Crippen molar-refractivity contribution in [1.29, 1.82) is 0 Å². The zero-order valence-electron chi connectivity index (χ0n) is 11.1. The van der Waals surface area contributed by atoms with Gasteiger partial charge in [-0.05, 0) is 44.4 Å². The van der Waals surface area contributed by atoms with Crippen LogP contribution in [-0.2, 0) is 0 Å². The minimum atomic E-state index is -0.704.